The lowest BCUT2D eigenvalue weighted by molar-refractivity contribution is -0.192. The molecule has 0 aromatic rings. The first kappa shape index (κ1) is 16.6. The van der Waals surface area contributed by atoms with Gasteiger partial charge in [0.2, 0.25) is 5.91 Å². The Hall–Kier alpha value is -1.45. The van der Waals surface area contributed by atoms with Crippen LogP contribution in [0.25, 0.3) is 0 Å². The standard InChI is InChI=1S/C8H12F2N2O.C2HF3O2/c1-7(3-11-4-7)12-6(13)5-2-8(5,9)10;3-2(4,5)1(6)7/h5,11H,2-4H2,1H3,(H,12,13);(H,6,7)/t5-;/m0./s1. The molecule has 0 aromatic heterocycles. The van der Waals surface area contributed by atoms with Crippen LogP contribution in [0, 0.1) is 5.92 Å². The summed E-state index contributed by atoms with van der Waals surface area (Å²) in [5.41, 5.74) is -0.310. The van der Waals surface area contributed by atoms with E-state index in [1.807, 2.05) is 6.92 Å². The maximum atomic E-state index is 12.5. The highest BCUT2D eigenvalue weighted by Crippen LogP contribution is 2.48. The molecule has 20 heavy (non-hydrogen) atoms. The van der Waals surface area contributed by atoms with Crippen LogP contribution in [0.15, 0.2) is 0 Å². The topological polar surface area (TPSA) is 78.4 Å². The van der Waals surface area contributed by atoms with E-state index in [2.05, 4.69) is 10.6 Å². The third-order valence-electron chi connectivity index (χ3n) is 2.84. The van der Waals surface area contributed by atoms with E-state index in [0.29, 0.717) is 13.1 Å². The number of carbonyl (C=O) groups is 2. The first-order chi connectivity index (χ1) is 8.87. The number of rotatable bonds is 2. The number of carboxylic acids is 1. The van der Waals surface area contributed by atoms with E-state index in [9.17, 15) is 26.7 Å². The Kier molecular flexibility index (Phi) is 4.28. The SMILES string of the molecule is CC1(NC(=O)[C@@H]2CC2(F)F)CNC1.O=C(O)C(F)(F)F. The molecule has 116 valence electrons. The number of carboxylic acid groups (broad SMARTS) is 1. The van der Waals surface area contributed by atoms with E-state index in [0.717, 1.165) is 0 Å². The Balaban J connectivity index is 0.000000246. The van der Waals surface area contributed by atoms with Gasteiger partial charge < -0.3 is 15.7 Å². The van der Waals surface area contributed by atoms with Gasteiger partial charge in [0.05, 0.1) is 5.54 Å². The van der Waals surface area contributed by atoms with Gasteiger partial charge in [0.15, 0.2) is 0 Å². The first-order valence-electron chi connectivity index (χ1n) is 5.58. The molecule has 10 heteroatoms. The van der Waals surface area contributed by atoms with Gasteiger partial charge >= 0.3 is 12.1 Å². The average molecular weight is 304 g/mol. The number of aliphatic carboxylic acids is 1. The summed E-state index contributed by atoms with van der Waals surface area (Å²) in [5, 5.41) is 12.7. The van der Waals surface area contributed by atoms with Crippen LogP contribution >= 0.6 is 0 Å². The molecule has 1 amide bonds. The summed E-state index contributed by atoms with van der Waals surface area (Å²) in [6.07, 6.45) is -5.37. The van der Waals surface area contributed by atoms with Gasteiger partial charge in [-0.3, -0.25) is 4.79 Å². The summed E-state index contributed by atoms with van der Waals surface area (Å²) < 4.78 is 56.7. The van der Waals surface area contributed by atoms with Crippen LogP contribution in [0.3, 0.4) is 0 Å². The summed E-state index contributed by atoms with van der Waals surface area (Å²) in [7, 11) is 0. The van der Waals surface area contributed by atoms with Crippen molar-refractivity contribution >= 4 is 11.9 Å². The van der Waals surface area contributed by atoms with Gasteiger partial charge in [-0.2, -0.15) is 13.2 Å². The van der Waals surface area contributed by atoms with Crippen molar-refractivity contribution in [1.29, 1.82) is 0 Å². The van der Waals surface area contributed by atoms with Gasteiger partial charge in [0.1, 0.15) is 5.92 Å². The zero-order valence-electron chi connectivity index (χ0n) is 10.4. The molecule has 3 N–H and O–H groups in total. The van der Waals surface area contributed by atoms with E-state index in [1.54, 1.807) is 0 Å². The molecule has 2 aliphatic rings. The second kappa shape index (κ2) is 5.15. The van der Waals surface area contributed by atoms with Crippen LogP contribution in [-0.4, -0.2) is 47.7 Å². The zero-order valence-corrected chi connectivity index (χ0v) is 10.4. The molecule has 5 nitrogen and oxygen atoms in total. The zero-order chi connectivity index (χ0) is 15.8. The maximum Gasteiger partial charge on any atom is 0.490 e. The number of carbonyl (C=O) groups excluding carboxylic acids is 1. The minimum atomic E-state index is -5.08. The molecule has 1 saturated heterocycles. The Morgan fingerprint density at radius 3 is 1.90 bits per heavy atom. The fraction of sp³-hybridized carbons (Fsp3) is 0.800. The number of nitrogens with one attached hydrogen (secondary N) is 2. The molecule has 2 fully saturated rings. The van der Waals surface area contributed by atoms with Crippen LogP contribution in [0.1, 0.15) is 13.3 Å². The summed E-state index contributed by atoms with van der Waals surface area (Å²) in [4.78, 5) is 20.1. The normalized spacial score (nSPS) is 25.6. The molecule has 0 aromatic carbocycles. The first-order valence-corrected chi connectivity index (χ1v) is 5.58. The quantitative estimate of drug-likeness (QED) is 0.658. The predicted octanol–water partition coefficient (Wildman–Crippen LogP) is 0.753. The second-order valence-electron chi connectivity index (χ2n) is 4.97. The smallest absolute Gasteiger partial charge is 0.475 e. The van der Waals surface area contributed by atoms with Gasteiger partial charge in [0, 0.05) is 19.5 Å². The molecular weight excluding hydrogens is 291 g/mol. The lowest BCUT2D eigenvalue weighted by Crippen LogP contribution is -2.67. The lowest BCUT2D eigenvalue weighted by Gasteiger charge is -2.40. The fourth-order valence-corrected chi connectivity index (χ4v) is 1.47. The molecule has 0 bridgehead atoms. The van der Waals surface area contributed by atoms with Crippen LogP contribution in [0.4, 0.5) is 22.0 Å². The Bertz CT molecular complexity index is 406. The number of hydrogen-bond donors (Lipinski definition) is 3. The van der Waals surface area contributed by atoms with Crippen molar-refractivity contribution < 1.29 is 36.6 Å². The fourth-order valence-electron chi connectivity index (χ4n) is 1.47. The van der Waals surface area contributed by atoms with Crippen molar-refractivity contribution in [2.75, 3.05) is 13.1 Å². The van der Waals surface area contributed by atoms with E-state index >= 15 is 0 Å². The van der Waals surface area contributed by atoms with E-state index in [4.69, 9.17) is 9.90 Å². The highest BCUT2D eigenvalue weighted by Gasteiger charge is 2.62. The predicted molar refractivity (Wildman–Crippen MR) is 56.2 cm³/mol. The Morgan fingerprint density at radius 1 is 1.30 bits per heavy atom. The molecule has 0 radical (unpaired) electrons. The number of amides is 1. The van der Waals surface area contributed by atoms with Crippen molar-refractivity contribution in [1.82, 2.24) is 10.6 Å². The van der Waals surface area contributed by atoms with Gasteiger partial charge in [-0.1, -0.05) is 0 Å². The third-order valence-corrected chi connectivity index (χ3v) is 2.84. The number of halogens is 5. The molecule has 1 atom stereocenters. The molecule has 2 rings (SSSR count). The minimum absolute atomic E-state index is 0.289. The van der Waals surface area contributed by atoms with Gasteiger partial charge in [-0.25, -0.2) is 13.6 Å². The molecular formula is C10H13F5N2O3. The van der Waals surface area contributed by atoms with Crippen LogP contribution < -0.4 is 10.6 Å². The van der Waals surface area contributed by atoms with E-state index in [1.165, 1.54) is 0 Å². The Morgan fingerprint density at radius 2 is 1.70 bits per heavy atom. The van der Waals surface area contributed by atoms with Crippen molar-refractivity contribution in [2.24, 2.45) is 5.92 Å². The molecule has 1 heterocycles. The largest absolute Gasteiger partial charge is 0.490 e. The van der Waals surface area contributed by atoms with Gasteiger partial charge in [-0.05, 0) is 6.92 Å². The summed E-state index contributed by atoms with van der Waals surface area (Å²) in [6.45, 7) is 3.18. The van der Waals surface area contributed by atoms with Crippen LogP contribution in [0.5, 0.6) is 0 Å². The van der Waals surface area contributed by atoms with Crippen molar-refractivity contribution in [2.45, 2.75) is 31.0 Å². The Labute approximate surface area is 110 Å². The summed E-state index contributed by atoms with van der Waals surface area (Å²) >= 11 is 0. The highest BCUT2D eigenvalue weighted by atomic mass is 19.4. The third kappa shape index (κ3) is 4.29. The summed E-state index contributed by atoms with van der Waals surface area (Å²) in [5.74, 6) is -7.09. The second-order valence-corrected chi connectivity index (χ2v) is 4.97. The molecule has 1 aliphatic heterocycles. The number of alkyl halides is 5. The molecule has 0 unspecified atom stereocenters. The van der Waals surface area contributed by atoms with Gasteiger partial charge in [-0.15, -0.1) is 0 Å². The summed E-state index contributed by atoms with van der Waals surface area (Å²) in [6, 6.07) is 0. The lowest BCUT2D eigenvalue weighted by atomic mass is 9.95. The monoisotopic (exact) mass is 304 g/mol. The van der Waals surface area contributed by atoms with Crippen molar-refractivity contribution in [3.8, 4) is 0 Å². The van der Waals surface area contributed by atoms with Crippen molar-refractivity contribution in [3.63, 3.8) is 0 Å². The highest BCUT2D eigenvalue weighted by molar-refractivity contribution is 5.83. The van der Waals surface area contributed by atoms with Crippen LogP contribution in [-0.2, 0) is 9.59 Å². The van der Waals surface area contributed by atoms with Gasteiger partial charge in [0.25, 0.3) is 5.92 Å². The average Bonchev–Trinajstić information content (AvgIpc) is 2.85. The molecule has 1 saturated carbocycles. The van der Waals surface area contributed by atoms with Crippen molar-refractivity contribution in [3.05, 3.63) is 0 Å². The van der Waals surface area contributed by atoms with E-state index in [-0.39, 0.29) is 12.0 Å². The molecule has 1 aliphatic carbocycles. The number of hydrogen-bond acceptors (Lipinski definition) is 3. The van der Waals surface area contributed by atoms with E-state index < -0.39 is 29.9 Å². The maximum absolute atomic E-state index is 12.5. The van der Waals surface area contributed by atoms with Crippen LogP contribution in [0.2, 0.25) is 0 Å². The minimum Gasteiger partial charge on any atom is -0.475 e. The molecule has 0 spiro atoms.